The summed E-state index contributed by atoms with van der Waals surface area (Å²) in [5, 5.41) is 3.50. The Morgan fingerprint density at radius 1 is 1.27 bits per heavy atom. The van der Waals surface area contributed by atoms with Gasteiger partial charge in [-0.1, -0.05) is 13.8 Å². The van der Waals surface area contributed by atoms with E-state index in [2.05, 4.69) is 19.2 Å². The number of rotatable bonds is 6. The van der Waals surface area contributed by atoms with Crippen molar-refractivity contribution in [1.29, 1.82) is 0 Å². The van der Waals surface area contributed by atoms with E-state index in [0.29, 0.717) is 12.1 Å². The molecule has 0 aromatic rings. The third kappa shape index (κ3) is 2.94. The van der Waals surface area contributed by atoms with Gasteiger partial charge in [0.15, 0.2) is 0 Å². The van der Waals surface area contributed by atoms with Crippen LogP contribution in [0.3, 0.4) is 0 Å². The fourth-order valence-corrected chi connectivity index (χ4v) is 2.43. The molecule has 1 N–H and O–H groups in total. The highest BCUT2D eigenvalue weighted by Crippen LogP contribution is 2.42. The molecule has 0 saturated heterocycles. The highest BCUT2D eigenvalue weighted by atomic mass is 16.5. The molecule has 0 radical (unpaired) electrons. The van der Waals surface area contributed by atoms with Gasteiger partial charge in [0.05, 0.1) is 11.7 Å². The molecule has 0 atom stereocenters. The van der Waals surface area contributed by atoms with Crippen molar-refractivity contribution in [3.05, 3.63) is 0 Å². The predicted octanol–water partition coefficient (Wildman–Crippen LogP) is 2.87. The molecule has 0 unspecified atom stereocenters. The normalized spacial score (nSPS) is 25.0. The second kappa shape index (κ2) is 4.84. The molecule has 0 amide bonds. The number of hydrogen-bond donors (Lipinski definition) is 1. The van der Waals surface area contributed by atoms with Crippen molar-refractivity contribution in [1.82, 2.24) is 5.32 Å². The third-order valence-electron chi connectivity index (χ3n) is 3.87. The lowest BCUT2D eigenvalue weighted by Gasteiger charge is -2.46. The zero-order valence-electron chi connectivity index (χ0n) is 10.2. The van der Waals surface area contributed by atoms with Crippen LogP contribution in [-0.4, -0.2) is 24.3 Å². The number of hydrogen-bond acceptors (Lipinski definition) is 2. The minimum Gasteiger partial charge on any atom is -0.372 e. The molecule has 0 heterocycles. The minimum atomic E-state index is 0.271. The molecule has 0 aliphatic heterocycles. The quantitative estimate of drug-likeness (QED) is 0.729. The summed E-state index contributed by atoms with van der Waals surface area (Å²) in [6, 6.07) is 0.603. The summed E-state index contributed by atoms with van der Waals surface area (Å²) in [4.78, 5) is 0. The highest BCUT2D eigenvalue weighted by molar-refractivity contribution is 4.92. The summed E-state index contributed by atoms with van der Waals surface area (Å²) >= 11 is 0. The van der Waals surface area contributed by atoms with Crippen molar-refractivity contribution in [2.24, 2.45) is 0 Å². The van der Waals surface area contributed by atoms with E-state index in [1.807, 2.05) is 0 Å². The maximum atomic E-state index is 6.25. The minimum absolute atomic E-state index is 0.271. The molecule has 2 fully saturated rings. The van der Waals surface area contributed by atoms with Gasteiger partial charge in [0.25, 0.3) is 0 Å². The smallest absolute Gasteiger partial charge is 0.0698 e. The van der Waals surface area contributed by atoms with Crippen molar-refractivity contribution in [2.75, 3.05) is 6.54 Å². The first-order valence-corrected chi connectivity index (χ1v) is 6.61. The van der Waals surface area contributed by atoms with E-state index in [0.717, 1.165) is 6.54 Å². The number of ether oxygens (including phenoxy) is 1. The monoisotopic (exact) mass is 211 g/mol. The van der Waals surface area contributed by atoms with E-state index < -0.39 is 0 Å². The highest BCUT2D eigenvalue weighted by Gasteiger charge is 2.40. The summed E-state index contributed by atoms with van der Waals surface area (Å²) in [6.07, 6.45) is 9.76. The van der Waals surface area contributed by atoms with E-state index in [1.54, 1.807) is 0 Å². The first kappa shape index (κ1) is 11.4. The Hall–Kier alpha value is -0.0800. The van der Waals surface area contributed by atoms with Gasteiger partial charge >= 0.3 is 0 Å². The third-order valence-corrected chi connectivity index (χ3v) is 3.87. The van der Waals surface area contributed by atoms with Gasteiger partial charge in [0.2, 0.25) is 0 Å². The molecular weight excluding hydrogens is 186 g/mol. The Bertz CT molecular complexity index is 195. The molecule has 0 bridgehead atoms. The van der Waals surface area contributed by atoms with Gasteiger partial charge in [-0.2, -0.15) is 0 Å². The lowest BCUT2D eigenvalue weighted by atomic mass is 9.76. The Morgan fingerprint density at radius 2 is 2.00 bits per heavy atom. The molecule has 2 heteroatoms. The Balaban J connectivity index is 1.69. The molecule has 2 saturated carbocycles. The molecule has 15 heavy (non-hydrogen) atoms. The lowest BCUT2D eigenvalue weighted by Crippen LogP contribution is -2.47. The van der Waals surface area contributed by atoms with Crippen LogP contribution < -0.4 is 5.32 Å². The van der Waals surface area contributed by atoms with Crippen LogP contribution in [0.2, 0.25) is 0 Å². The summed E-state index contributed by atoms with van der Waals surface area (Å²) in [5.74, 6) is 0. The fourth-order valence-electron chi connectivity index (χ4n) is 2.43. The van der Waals surface area contributed by atoms with Gasteiger partial charge in [-0.15, -0.1) is 0 Å². The second-order valence-electron chi connectivity index (χ2n) is 5.57. The molecule has 0 aromatic heterocycles. The van der Waals surface area contributed by atoms with Crippen LogP contribution in [0.15, 0.2) is 0 Å². The molecule has 0 aromatic carbocycles. The van der Waals surface area contributed by atoms with Crippen LogP contribution >= 0.6 is 0 Å². The zero-order chi connectivity index (χ0) is 10.7. The maximum Gasteiger partial charge on any atom is 0.0698 e. The van der Waals surface area contributed by atoms with Crippen molar-refractivity contribution in [3.63, 3.8) is 0 Å². The van der Waals surface area contributed by atoms with E-state index in [4.69, 9.17) is 4.74 Å². The van der Waals surface area contributed by atoms with Crippen molar-refractivity contribution < 1.29 is 4.74 Å². The van der Waals surface area contributed by atoms with Crippen LogP contribution in [0.5, 0.6) is 0 Å². The Labute approximate surface area is 93.8 Å². The predicted molar refractivity (Wildman–Crippen MR) is 63.1 cm³/mol. The van der Waals surface area contributed by atoms with Crippen molar-refractivity contribution >= 4 is 0 Å². The number of nitrogens with one attached hydrogen (secondary N) is 1. The van der Waals surface area contributed by atoms with Gasteiger partial charge in [-0.3, -0.25) is 0 Å². The molecular formula is C13H25NO. The summed E-state index contributed by atoms with van der Waals surface area (Å²) in [5.41, 5.74) is 0.271. The average molecular weight is 211 g/mol. The topological polar surface area (TPSA) is 21.3 Å². The average Bonchev–Trinajstić information content (AvgIpc) is 2.04. The van der Waals surface area contributed by atoms with Gasteiger partial charge in [0, 0.05) is 6.04 Å². The van der Waals surface area contributed by atoms with Crippen LogP contribution in [0, 0.1) is 0 Å². The lowest BCUT2D eigenvalue weighted by molar-refractivity contribution is -0.163. The van der Waals surface area contributed by atoms with Gasteiger partial charge in [0.1, 0.15) is 0 Å². The van der Waals surface area contributed by atoms with E-state index in [1.165, 1.54) is 44.9 Å². The SMILES string of the molecule is CC(C)NCCC1(OC2CCC2)CCC1. The molecule has 2 aliphatic carbocycles. The summed E-state index contributed by atoms with van der Waals surface area (Å²) in [6.45, 7) is 5.53. The Kier molecular flexibility index (Phi) is 3.68. The summed E-state index contributed by atoms with van der Waals surface area (Å²) in [7, 11) is 0. The van der Waals surface area contributed by atoms with Gasteiger partial charge in [-0.25, -0.2) is 0 Å². The van der Waals surface area contributed by atoms with Gasteiger partial charge < -0.3 is 10.1 Å². The standard InChI is InChI=1S/C13H25NO/c1-11(2)14-10-9-13(7-4-8-13)15-12-5-3-6-12/h11-12,14H,3-10H2,1-2H3. The fraction of sp³-hybridized carbons (Fsp3) is 1.00. The van der Waals surface area contributed by atoms with Crippen molar-refractivity contribution in [2.45, 2.75) is 76.5 Å². The molecule has 2 rings (SSSR count). The molecule has 2 nitrogen and oxygen atoms in total. The summed E-state index contributed by atoms with van der Waals surface area (Å²) < 4.78 is 6.25. The molecule has 0 spiro atoms. The largest absolute Gasteiger partial charge is 0.372 e. The van der Waals surface area contributed by atoms with Crippen LogP contribution in [0.1, 0.15) is 58.8 Å². The first-order chi connectivity index (χ1) is 7.20. The van der Waals surface area contributed by atoms with Crippen molar-refractivity contribution in [3.8, 4) is 0 Å². The van der Waals surface area contributed by atoms with Crippen LogP contribution in [0.4, 0.5) is 0 Å². The molecule has 2 aliphatic rings. The Morgan fingerprint density at radius 3 is 2.40 bits per heavy atom. The molecule has 88 valence electrons. The van der Waals surface area contributed by atoms with E-state index in [-0.39, 0.29) is 5.60 Å². The van der Waals surface area contributed by atoms with E-state index >= 15 is 0 Å². The van der Waals surface area contributed by atoms with Crippen LogP contribution in [0.25, 0.3) is 0 Å². The van der Waals surface area contributed by atoms with Gasteiger partial charge in [-0.05, 0) is 51.5 Å². The zero-order valence-corrected chi connectivity index (χ0v) is 10.2. The second-order valence-corrected chi connectivity index (χ2v) is 5.57. The van der Waals surface area contributed by atoms with E-state index in [9.17, 15) is 0 Å². The van der Waals surface area contributed by atoms with Crippen LogP contribution in [-0.2, 0) is 4.74 Å². The maximum absolute atomic E-state index is 6.25. The first-order valence-electron chi connectivity index (χ1n) is 6.61.